The number of ketones is 1. The summed E-state index contributed by atoms with van der Waals surface area (Å²) in [5, 5.41) is 10.8. The molecule has 0 amide bonds. The van der Waals surface area contributed by atoms with Gasteiger partial charge in [-0.1, -0.05) is 25.5 Å². The van der Waals surface area contributed by atoms with Crippen LogP contribution in [0.15, 0.2) is 11.6 Å². The Labute approximate surface area is 184 Å². The molecule has 6 nitrogen and oxygen atoms in total. The number of fused-ring (bicyclic) bond motifs is 5. The molecule has 0 aromatic rings. The van der Waals surface area contributed by atoms with E-state index in [1.807, 2.05) is 0 Å². The molecule has 0 aromatic heterocycles. The number of aliphatic hydroxyl groups is 1. The zero-order chi connectivity index (χ0) is 22.8. The average molecular weight is 433 g/mol. The number of Topliss-reactive ketones (excluding diaryl/α,β-unsaturated/α-hetero) is 1. The molecule has 0 bridgehead atoms. The van der Waals surface area contributed by atoms with Crippen LogP contribution in [-0.4, -0.2) is 34.7 Å². The van der Waals surface area contributed by atoms with Crippen molar-refractivity contribution in [1.82, 2.24) is 0 Å². The quantitative estimate of drug-likeness (QED) is 0.413. The van der Waals surface area contributed by atoms with Crippen molar-refractivity contribution in [3.8, 4) is 0 Å². The smallest absolute Gasteiger partial charge is 0.305 e. The van der Waals surface area contributed by atoms with E-state index in [9.17, 15) is 19.5 Å². The van der Waals surface area contributed by atoms with Gasteiger partial charge >= 0.3 is 11.9 Å². The van der Waals surface area contributed by atoms with Gasteiger partial charge in [-0.15, -0.1) is 0 Å². The van der Waals surface area contributed by atoms with Crippen LogP contribution in [0, 0.1) is 34.5 Å². The largest absolute Gasteiger partial charge is 0.462 e. The van der Waals surface area contributed by atoms with Crippen LogP contribution in [0.5, 0.6) is 0 Å². The summed E-state index contributed by atoms with van der Waals surface area (Å²) in [4.78, 5) is 35.8. The molecule has 4 aliphatic carbocycles. The van der Waals surface area contributed by atoms with Crippen molar-refractivity contribution in [3.05, 3.63) is 11.6 Å². The molecule has 0 spiro atoms. The van der Waals surface area contributed by atoms with Crippen LogP contribution in [-0.2, 0) is 23.9 Å². The van der Waals surface area contributed by atoms with Gasteiger partial charge in [0.2, 0.25) is 5.79 Å². The third-order valence-corrected chi connectivity index (χ3v) is 9.22. The SMILES string of the molecule is CC(=O)OC1CC2C3CC=C4C[C@@](O)(OC(C)=O)CC[C@]4(C)C3CC[C@]2(C)[C@@H]1C(C)=O. The molecule has 0 aromatic carbocycles. The Morgan fingerprint density at radius 1 is 1.03 bits per heavy atom. The summed E-state index contributed by atoms with van der Waals surface area (Å²) in [7, 11) is 0. The molecular formula is C25H36O6. The van der Waals surface area contributed by atoms with Gasteiger partial charge in [0.05, 0.1) is 5.92 Å². The van der Waals surface area contributed by atoms with E-state index in [1.54, 1.807) is 6.92 Å². The average Bonchev–Trinajstić information content (AvgIpc) is 2.93. The van der Waals surface area contributed by atoms with Gasteiger partial charge in [0, 0.05) is 26.7 Å². The highest BCUT2D eigenvalue weighted by molar-refractivity contribution is 5.81. The van der Waals surface area contributed by atoms with E-state index in [4.69, 9.17) is 9.47 Å². The first-order valence-electron chi connectivity index (χ1n) is 11.7. The lowest BCUT2D eigenvalue weighted by Crippen LogP contribution is -2.53. The standard InChI is InChI=1S/C25H36O6/c1-14(26)22-21(30-15(2)27)12-20-18-7-6-17-13-25(29,31-16(3)28)11-10-23(17,4)19(18)8-9-24(20,22)5/h6,18-22,29H,7-13H2,1-5H3/t18?,19?,20?,21?,22-,23+,24+,25+/m1/s1. The number of esters is 2. The summed E-state index contributed by atoms with van der Waals surface area (Å²) in [6.07, 6.45) is 7.12. The van der Waals surface area contributed by atoms with Crippen LogP contribution in [0.3, 0.4) is 0 Å². The molecule has 8 atom stereocenters. The first-order valence-corrected chi connectivity index (χ1v) is 11.7. The minimum atomic E-state index is -1.40. The summed E-state index contributed by atoms with van der Waals surface area (Å²) >= 11 is 0. The van der Waals surface area contributed by atoms with Gasteiger partial charge in [-0.2, -0.15) is 0 Å². The van der Waals surface area contributed by atoms with Gasteiger partial charge in [0.25, 0.3) is 0 Å². The topological polar surface area (TPSA) is 89.9 Å². The second kappa shape index (κ2) is 7.43. The van der Waals surface area contributed by atoms with Crippen LogP contribution in [0.1, 0.15) is 79.6 Å². The predicted molar refractivity (Wildman–Crippen MR) is 114 cm³/mol. The maximum absolute atomic E-state index is 12.6. The van der Waals surface area contributed by atoms with E-state index in [1.165, 1.54) is 19.4 Å². The number of allylic oxidation sites excluding steroid dienone is 1. The molecule has 3 saturated carbocycles. The second-order valence-corrected chi connectivity index (χ2v) is 11.0. The Kier molecular flexibility index (Phi) is 5.39. The fourth-order valence-electron chi connectivity index (χ4n) is 8.02. The zero-order valence-corrected chi connectivity index (χ0v) is 19.4. The molecule has 4 aliphatic rings. The Hall–Kier alpha value is -1.69. The maximum atomic E-state index is 12.6. The number of hydrogen-bond donors (Lipinski definition) is 1. The molecule has 0 heterocycles. The summed E-state index contributed by atoms with van der Waals surface area (Å²) in [5.74, 6) is -1.07. The lowest BCUT2D eigenvalue weighted by molar-refractivity contribution is -0.221. The molecule has 4 unspecified atom stereocenters. The summed E-state index contributed by atoms with van der Waals surface area (Å²) < 4.78 is 10.9. The van der Waals surface area contributed by atoms with Crippen molar-refractivity contribution in [2.24, 2.45) is 34.5 Å². The fourth-order valence-corrected chi connectivity index (χ4v) is 8.02. The normalized spacial score (nSPS) is 46.1. The minimum Gasteiger partial charge on any atom is -0.462 e. The zero-order valence-electron chi connectivity index (χ0n) is 19.4. The van der Waals surface area contributed by atoms with Crippen LogP contribution in [0.25, 0.3) is 0 Å². The molecular weight excluding hydrogens is 396 g/mol. The molecule has 3 fully saturated rings. The summed E-state index contributed by atoms with van der Waals surface area (Å²) in [5.41, 5.74) is 1.01. The number of hydrogen-bond acceptors (Lipinski definition) is 6. The number of ether oxygens (including phenoxy) is 2. The Morgan fingerprint density at radius 2 is 1.74 bits per heavy atom. The van der Waals surface area contributed by atoms with E-state index < -0.39 is 11.8 Å². The van der Waals surface area contributed by atoms with E-state index in [-0.39, 0.29) is 34.6 Å². The molecule has 4 rings (SSSR count). The molecule has 0 aliphatic heterocycles. The fraction of sp³-hybridized carbons (Fsp3) is 0.800. The molecule has 0 radical (unpaired) electrons. The van der Waals surface area contributed by atoms with Gasteiger partial charge in [-0.05, 0) is 67.6 Å². The number of rotatable bonds is 3. The maximum Gasteiger partial charge on any atom is 0.305 e. The first-order chi connectivity index (χ1) is 14.4. The number of carbonyl (C=O) groups is 3. The van der Waals surface area contributed by atoms with Crippen LogP contribution >= 0.6 is 0 Å². The second-order valence-electron chi connectivity index (χ2n) is 11.0. The monoisotopic (exact) mass is 432 g/mol. The van der Waals surface area contributed by atoms with Crippen molar-refractivity contribution in [3.63, 3.8) is 0 Å². The Bertz CT molecular complexity index is 832. The van der Waals surface area contributed by atoms with Crippen molar-refractivity contribution < 1.29 is 29.0 Å². The van der Waals surface area contributed by atoms with Gasteiger partial charge < -0.3 is 14.6 Å². The van der Waals surface area contributed by atoms with E-state index in [0.29, 0.717) is 30.6 Å². The van der Waals surface area contributed by atoms with E-state index >= 15 is 0 Å². The van der Waals surface area contributed by atoms with Crippen molar-refractivity contribution >= 4 is 17.7 Å². The lowest BCUT2D eigenvalue weighted by Gasteiger charge is -2.58. The Morgan fingerprint density at radius 3 is 2.35 bits per heavy atom. The molecule has 172 valence electrons. The van der Waals surface area contributed by atoms with Crippen molar-refractivity contribution in [2.75, 3.05) is 0 Å². The van der Waals surface area contributed by atoms with Crippen molar-refractivity contribution in [2.45, 2.75) is 91.5 Å². The predicted octanol–water partition coefficient (Wildman–Crippen LogP) is 3.95. The molecule has 6 heteroatoms. The van der Waals surface area contributed by atoms with Crippen LogP contribution in [0.4, 0.5) is 0 Å². The van der Waals surface area contributed by atoms with Gasteiger partial charge in [-0.25, -0.2) is 0 Å². The third kappa shape index (κ3) is 3.55. The van der Waals surface area contributed by atoms with Crippen LogP contribution in [0.2, 0.25) is 0 Å². The molecule has 1 N–H and O–H groups in total. The Balaban J connectivity index is 1.63. The van der Waals surface area contributed by atoms with Gasteiger partial charge in [0.1, 0.15) is 11.9 Å². The van der Waals surface area contributed by atoms with E-state index in [0.717, 1.165) is 32.1 Å². The highest BCUT2D eigenvalue weighted by atomic mass is 16.7. The van der Waals surface area contributed by atoms with Crippen molar-refractivity contribution in [1.29, 1.82) is 0 Å². The highest BCUT2D eigenvalue weighted by Gasteiger charge is 2.63. The summed E-state index contributed by atoms with van der Waals surface area (Å²) in [6.45, 7) is 8.92. The molecule has 0 saturated heterocycles. The van der Waals surface area contributed by atoms with Crippen LogP contribution < -0.4 is 0 Å². The first kappa shape index (κ1) is 22.5. The molecule has 31 heavy (non-hydrogen) atoms. The lowest BCUT2D eigenvalue weighted by atomic mass is 9.47. The highest BCUT2D eigenvalue weighted by Crippen LogP contribution is 2.67. The van der Waals surface area contributed by atoms with E-state index in [2.05, 4.69) is 19.9 Å². The third-order valence-electron chi connectivity index (χ3n) is 9.22. The van der Waals surface area contributed by atoms with Gasteiger partial charge in [-0.3, -0.25) is 14.4 Å². The minimum absolute atomic E-state index is 0.0398. The summed E-state index contributed by atoms with van der Waals surface area (Å²) in [6, 6.07) is 0. The number of carbonyl (C=O) groups excluding carboxylic acids is 3. The van der Waals surface area contributed by atoms with Gasteiger partial charge in [0.15, 0.2) is 0 Å².